The van der Waals surface area contributed by atoms with Gasteiger partial charge in [-0.3, -0.25) is 4.79 Å². The molecule has 2 amide bonds. The first-order chi connectivity index (χ1) is 15.5. The van der Waals surface area contributed by atoms with Crippen molar-refractivity contribution in [3.63, 3.8) is 0 Å². The molecule has 0 atom stereocenters. The summed E-state index contributed by atoms with van der Waals surface area (Å²) in [6.07, 6.45) is 0.933. The van der Waals surface area contributed by atoms with Gasteiger partial charge in [0.15, 0.2) is 0 Å². The van der Waals surface area contributed by atoms with Gasteiger partial charge in [0.05, 0.1) is 6.54 Å². The molecular weight excluding hydrogens is 400 g/mol. The second-order valence-electron chi connectivity index (χ2n) is 7.99. The van der Waals surface area contributed by atoms with Crippen LogP contribution in [0.25, 0.3) is 10.9 Å². The van der Waals surface area contributed by atoms with Crippen molar-refractivity contribution in [2.45, 2.75) is 40.3 Å². The molecule has 1 heterocycles. The molecule has 2 N–H and O–H groups in total. The number of likely N-dealkylation sites (N-methyl/N-ethyl adjacent to an activating group) is 1. The van der Waals surface area contributed by atoms with E-state index in [1.54, 1.807) is 4.90 Å². The van der Waals surface area contributed by atoms with Crippen LogP contribution in [0, 0.1) is 0 Å². The van der Waals surface area contributed by atoms with Gasteiger partial charge in [0.2, 0.25) is 0 Å². The third-order valence-corrected chi connectivity index (χ3v) is 5.91. The molecule has 0 saturated heterocycles. The van der Waals surface area contributed by atoms with Crippen molar-refractivity contribution in [1.82, 2.24) is 20.1 Å². The molecule has 2 aromatic carbocycles. The molecule has 3 rings (SSSR count). The molecule has 1 aromatic heterocycles. The summed E-state index contributed by atoms with van der Waals surface area (Å²) in [5.74, 6) is 0. The summed E-state index contributed by atoms with van der Waals surface area (Å²) in [5.41, 5.74) is 3.53. The minimum atomic E-state index is -0.164. The Morgan fingerprint density at radius 1 is 0.938 bits per heavy atom. The van der Waals surface area contributed by atoms with Gasteiger partial charge in [0.1, 0.15) is 0 Å². The lowest BCUT2D eigenvalue weighted by atomic mass is 10.1. The first kappa shape index (κ1) is 23.5. The van der Waals surface area contributed by atoms with Gasteiger partial charge in [-0.25, -0.2) is 4.79 Å². The molecule has 0 bridgehead atoms. The molecule has 0 spiro atoms. The molecular formula is C26H34N4O2. The largest absolute Gasteiger partial charge is 0.334 e. The highest BCUT2D eigenvalue weighted by Crippen LogP contribution is 2.15. The predicted molar refractivity (Wildman–Crippen MR) is 131 cm³/mol. The Morgan fingerprint density at radius 2 is 1.69 bits per heavy atom. The van der Waals surface area contributed by atoms with Crippen molar-refractivity contribution in [2.24, 2.45) is 0 Å². The molecule has 6 heteroatoms. The molecule has 170 valence electrons. The maximum absolute atomic E-state index is 13.1. The minimum absolute atomic E-state index is 0.148. The molecule has 32 heavy (non-hydrogen) atoms. The third-order valence-electron chi connectivity index (χ3n) is 5.91. The summed E-state index contributed by atoms with van der Waals surface area (Å²) in [6.45, 7) is 10.2. The highest BCUT2D eigenvalue weighted by atomic mass is 16.2. The number of hydrogen-bond donors (Lipinski definition) is 2. The van der Waals surface area contributed by atoms with Crippen LogP contribution in [0.1, 0.15) is 37.5 Å². The summed E-state index contributed by atoms with van der Waals surface area (Å²) in [6, 6.07) is 17.7. The average molecular weight is 435 g/mol. The number of amides is 2. The molecule has 3 aromatic rings. The number of rotatable bonds is 10. The van der Waals surface area contributed by atoms with Crippen LogP contribution >= 0.6 is 0 Å². The number of aromatic amines is 1. The molecule has 0 saturated carbocycles. The van der Waals surface area contributed by atoms with Crippen LogP contribution < -0.4 is 10.9 Å². The standard InChI is InChI=1S/C26H34N4O2/c1-4-20-12-13-24-22(16-20)17-23(25(31)28-24)19-30(15-14-29(5-2)6-3)26(32)27-18-21-10-8-7-9-11-21/h7-13,16-17H,4-6,14-15,18-19H2,1-3H3,(H,27,32)(H,28,31). The number of aromatic nitrogens is 1. The van der Waals surface area contributed by atoms with Crippen LogP contribution in [0.2, 0.25) is 0 Å². The van der Waals surface area contributed by atoms with Gasteiger partial charge in [-0.1, -0.05) is 57.2 Å². The zero-order valence-corrected chi connectivity index (χ0v) is 19.4. The van der Waals surface area contributed by atoms with Crippen molar-refractivity contribution in [2.75, 3.05) is 26.2 Å². The number of benzene rings is 2. The number of aryl methyl sites for hydroxylation is 1. The summed E-state index contributed by atoms with van der Waals surface area (Å²) < 4.78 is 0. The van der Waals surface area contributed by atoms with Crippen LogP contribution in [0.15, 0.2) is 59.4 Å². The second kappa shape index (κ2) is 11.5. The van der Waals surface area contributed by atoms with E-state index in [0.29, 0.717) is 18.7 Å². The first-order valence-electron chi connectivity index (χ1n) is 11.5. The minimum Gasteiger partial charge on any atom is -0.334 e. The highest BCUT2D eigenvalue weighted by molar-refractivity contribution is 5.80. The van der Waals surface area contributed by atoms with Crippen LogP contribution in [0.4, 0.5) is 4.79 Å². The van der Waals surface area contributed by atoms with E-state index in [9.17, 15) is 9.59 Å². The van der Waals surface area contributed by atoms with E-state index in [4.69, 9.17) is 0 Å². The Balaban J connectivity index is 1.81. The van der Waals surface area contributed by atoms with E-state index >= 15 is 0 Å². The Hall–Kier alpha value is -3.12. The average Bonchev–Trinajstić information content (AvgIpc) is 2.83. The summed E-state index contributed by atoms with van der Waals surface area (Å²) in [4.78, 5) is 32.8. The fraction of sp³-hybridized carbons (Fsp3) is 0.385. The molecule has 0 aliphatic rings. The van der Waals surface area contributed by atoms with E-state index in [0.717, 1.165) is 42.5 Å². The van der Waals surface area contributed by atoms with Crippen molar-refractivity contribution in [3.8, 4) is 0 Å². The predicted octanol–water partition coefficient (Wildman–Crippen LogP) is 4.14. The van der Waals surface area contributed by atoms with Crippen molar-refractivity contribution >= 4 is 16.9 Å². The van der Waals surface area contributed by atoms with Gasteiger partial charge in [-0.15, -0.1) is 0 Å². The maximum Gasteiger partial charge on any atom is 0.318 e. The van der Waals surface area contributed by atoms with Crippen LogP contribution in [-0.2, 0) is 19.5 Å². The fourth-order valence-electron chi connectivity index (χ4n) is 3.78. The van der Waals surface area contributed by atoms with Gasteiger partial charge < -0.3 is 20.1 Å². The van der Waals surface area contributed by atoms with E-state index in [2.05, 4.69) is 42.0 Å². The Labute approximate surface area is 190 Å². The SMILES string of the molecule is CCc1ccc2[nH]c(=O)c(CN(CCN(CC)CC)C(=O)NCc3ccccc3)cc2c1. The molecule has 0 fully saturated rings. The van der Waals surface area contributed by atoms with E-state index in [1.807, 2.05) is 48.5 Å². The smallest absolute Gasteiger partial charge is 0.318 e. The summed E-state index contributed by atoms with van der Waals surface area (Å²) >= 11 is 0. The monoisotopic (exact) mass is 434 g/mol. The topological polar surface area (TPSA) is 68.4 Å². The number of urea groups is 1. The van der Waals surface area contributed by atoms with E-state index in [1.165, 1.54) is 5.56 Å². The number of carbonyl (C=O) groups excluding carboxylic acids is 1. The lowest BCUT2D eigenvalue weighted by molar-refractivity contribution is 0.181. The van der Waals surface area contributed by atoms with E-state index < -0.39 is 0 Å². The van der Waals surface area contributed by atoms with Gasteiger partial charge >= 0.3 is 6.03 Å². The van der Waals surface area contributed by atoms with E-state index in [-0.39, 0.29) is 18.1 Å². The lowest BCUT2D eigenvalue weighted by Gasteiger charge is -2.26. The van der Waals surface area contributed by atoms with Gasteiger partial charge in [-0.2, -0.15) is 0 Å². The van der Waals surface area contributed by atoms with Crippen molar-refractivity contribution < 1.29 is 4.79 Å². The zero-order chi connectivity index (χ0) is 22.9. The number of pyridine rings is 1. The molecule has 0 aliphatic heterocycles. The molecule has 6 nitrogen and oxygen atoms in total. The number of carbonyl (C=O) groups is 1. The van der Waals surface area contributed by atoms with Crippen LogP contribution in [-0.4, -0.2) is 47.0 Å². The van der Waals surface area contributed by atoms with Crippen LogP contribution in [0.5, 0.6) is 0 Å². The van der Waals surface area contributed by atoms with Gasteiger partial charge in [0.25, 0.3) is 5.56 Å². The maximum atomic E-state index is 13.1. The molecule has 0 unspecified atom stereocenters. The number of nitrogens with one attached hydrogen (secondary N) is 2. The number of H-pyrrole nitrogens is 1. The quantitative estimate of drug-likeness (QED) is 0.504. The van der Waals surface area contributed by atoms with Crippen molar-refractivity contribution in [3.05, 3.63) is 81.6 Å². The lowest BCUT2D eigenvalue weighted by Crippen LogP contribution is -2.44. The Kier molecular flexibility index (Phi) is 8.45. The van der Waals surface area contributed by atoms with Gasteiger partial charge in [-0.05, 0) is 54.2 Å². The molecule has 0 aliphatic carbocycles. The highest BCUT2D eigenvalue weighted by Gasteiger charge is 2.17. The van der Waals surface area contributed by atoms with Crippen LogP contribution in [0.3, 0.4) is 0 Å². The zero-order valence-electron chi connectivity index (χ0n) is 19.4. The molecule has 0 radical (unpaired) electrons. The summed E-state index contributed by atoms with van der Waals surface area (Å²) in [7, 11) is 0. The first-order valence-corrected chi connectivity index (χ1v) is 11.5. The Morgan fingerprint density at radius 3 is 2.38 bits per heavy atom. The second-order valence-corrected chi connectivity index (χ2v) is 7.99. The number of nitrogens with zero attached hydrogens (tertiary/aromatic N) is 2. The van der Waals surface area contributed by atoms with Gasteiger partial charge in [0, 0.05) is 30.7 Å². The Bertz CT molecular complexity index is 1070. The summed E-state index contributed by atoms with van der Waals surface area (Å²) in [5, 5.41) is 4.00. The third kappa shape index (κ3) is 6.20. The number of fused-ring (bicyclic) bond motifs is 1. The number of hydrogen-bond acceptors (Lipinski definition) is 3. The van der Waals surface area contributed by atoms with Crippen molar-refractivity contribution in [1.29, 1.82) is 0 Å². The normalized spacial score (nSPS) is 11.1. The fourth-order valence-corrected chi connectivity index (χ4v) is 3.78.